The van der Waals surface area contributed by atoms with Gasteiger partial charge in [-0.1, -0.05) is 45.0 Å². The zero-order valence-electron chi connectivity index (χ0n) is 17.8. The second-order valence-electron chi connectivity index (χ2n) is 8.29. The molecular formula is C23H23N5O2S. The molecule has 0 bridgehead atoms. The number of hydrogen-bond acceptors (Lipinski definition) is 5. The maximum atomic E-state index is 12.6. The molecule has 2 aromatic heterocycles. The first-order valence-corrected chi connectivity index (χ1v) is 10.7. The SMILES string of the molecule is CC(=O)Nc1ccc(-c2csc3nc(NC(=O)c4ccc(C(C)(C)C)cc4)nn23)cc1. The number of aromatic nitrogens is 3. The largest absolute Gasteiger partial charge is 0.326 e. The van der Waals surface area contributed by atoms with Gasteiger partial charge in [-0.3, -0.25) is 14.9 Å². The minimum Gasteiger partial charge on any atom is -0.326 e. The van der Waals surface area contributed by atoms with Gasteiger partial charge in [-0.2, -0.15) is 4.98 Å². The average molecular weight is 434 g/mol. The van der Waals surface area contributed by atoms with Crippen molar-refractivity contribution in [3.8, 4) is 11.3 Å². The summed E-state index contributed by atoms with van der Waals surface area (Å²) in [5.41, 5.74) is 4.27. The van der Waals surface area contributed by atoms with Gasteiger partial charge >= 0.3 is 0 Å². The fourth-order valence-corrected chi connectivity index (χ4v) is 3.99. The van der Waals surface area contributed by atoms with Gasteiger partial charge in [0.25, 0.3) is 11.9 Å². The molecule has 0 radical (unpaired) electrons. The van der Waals surface area contributed by atoms with Crippen molar-refractivity contribution in [2.24, 2.45) is 0 Å². The topological polar surface area (TPSA) is 88.4 Å². The Morgan fingerprint density at radius 2 is 1.65 bits per heavy atom. The van der Waals surface area contributed by atoms with Crippen molar-refractivity contribution in [1.82, 2.24) is 14.6 Å². The van der Waals surface area contributed by atoms with Crippen LogP contribution in [0.3, 0.4) is 0 Å². The molecule has 2 aromatic carbocycles. The summed E-state index contributed by atoms with van der Waals surface area (Å²) in [6.45, 7) is 7.87. The Morgan fingerprint density at radius 3 is 2.26 bits per heavy atom. The summed E-state index contributed by atoms with van der Waals surface area (Å²) in [5.74, 6) is -0.108. The molecule has 4 aromatic rings. The summed E-state index contributed by atoms with van der Waals surface area (Å²) in [5, 5.41) is 11.9. The number of nitrogens with one attached hydrogen (secondary N) is 2. The number of fused-ring (bicyclic) bond motifs is 1. The van der Waals surface area contributed by atoms with Crippen LogP contribution in [0.1, 0.15) is 43.6 Å². The molecule has 2 amide bonds. The first-order chi connectivity index (χ1) is 14.7. The smallest absolute Gasteiger partial charge is 0.258 e. The highest BCUT2D eigenvalue weighted by molar-refractivity contribution is 7.15. The van der Waals surface area contributed by atoms with Gasteiger partial charge in [-0.15, -0.1) is 16.4 Å². The van der Waals surface area contributed by atoms with Gasteiger partial charge in [0.05, 0.1) is 5.69 Å². The minimum absolute atomic E-state index is 0.0293. The summed E-state index contributed by atoms with van der Waals surface area (Å²) >= 11 is 1.44. The van der Waals surface area contributed by atoms with Crippen molar-refractivity contribution in [3.63, 3.8) is 0 Å². The van der Waals surface area contributed by atoms with Gasteiger partial charge in [0.2, 0.25) is 10.9 Å². The lowest BCUT2D eigenvalue weighted by molar-refractivity contribution is -0.114. The standard InChI is InChI=1S/C23H23N5O2S/c1-14(29)24-18-11-7-15(8-12-18)19-13-31-22-26-21(27-28(19)22)25-20(30)16-5-9-17(10-6-16)23(2,3)4/h5-13H,1-4H3,(H,24,29)(H,25,27,30). The van der Waals surface area contributed by atoms with Crippen LogP contribution in [0.4, 0.5) is 11.6 Å². The van der Waals surface area contributed by atoms with Crippen LogP contribution in [0.5, 0.6) is 0 Å². The van der Waals surface area contributed by atoms with Gasteiger partial charge in [-0.05, 0) is 35.2 Å². The molecule has 0 saturated heterocycles. The molecule has 0 aliphatic rings. The maximum absolute atomic E-state index is 12.6. The Morgan fingerprint density at radius 1 is 0.968 bits per heavy atom. The second-order valence-corrected chi connectivity index (χ2v) is 9.13. The number of anilines is 2. The van der Waals surface area contributed by atoms with Crippen LogP contribution in [-0.2, 0) is 10.2 Å². The average Bonchev–Trinajstić information content (AvgIpc) is 3.28. The second kappa shape index (κ2) is 7.96. The van der Waals surface area contributed by atoms with Crippen molar-refractivity contribution in [1.29, 1.82) is 0 Å². The minimum atomic E-state index is -0.250. The third-order valence-corrected chi connectivity index (χ3v) is 5.64. The quantitative estimate of drug-likeness (QED) is 0.476. The fourth-order valence-electron chi connectivity index (χ4n) is 3.16. The number of thiazole rings is 1. The predicted octanol–water partition coefficient (Wildman–Crippen LogP) is 4.97. The van der Waals surface area contributed by atoms with Crippen LogP contribution in [-0.4, -0.2) is 26.4 Å². The molecule has 2 N–H and O–H groups in total. The first kappa shape index (κ1) is 20.7. The summed E-state index contributed by atoms with van der Waals surface area (Å²) in [6.07, 6.45) is 0. The van der Waals surface area contributed by atoms with Crippen molar-refractivity contribution < 1.29 is 9.59 Å². The lowest BCUT2D eigenvalue weighted by Crippen LogP contribution is -2.15. The normalized spacial score (nSPS) is 11.5. The lowest BCUT2D eigenvalue weighted by Gasteiger charge is -2.18. The van der Waals surface area contributed by atoms with E-state index < -0.39 is 0 Å². The van der Waals surface area contributed by atoms with E-state index in [0.29, 0.717) is 10.5 Å². The summed E-state index contributed by atoms with van der Waals surface area (Å²) in [7, 11) is 0. The Kier molecular flexibility index (Phi) is 5.32. The zero-order chi connectivity index (χ0) is 22.2. The molecule has 2 heterocycles. The zero-order valence-corrected chi connectivity index (χ0v) is 18.6. The number of amides is 2. The van der Waals surface area contributed by atoms with Crippen LogP contribution in [0, 0.1) is 0 Å². The molecule has 7 nitrogen and oxygen atoms in total. The Bertz CT molecular complexity index is 1250. The molecule has 0 spiro atoms. The van der Waals surface area contributed by atoms with Gasteiger partial charge in [0.1, 0.15) is 0 Å². The van der Waals surface area contributed by atoms with Gasteiger partial charge < -0.3 is 5.32 Å². The Hall–Kier alpha value is -3.52. The molecule has 4 rings (SSSR count). The number of nitrogens with zero attached hydrogens (tertiary/aromatic N) is 3. The predicted molar refractivity (Wildman–Crippen MR) is 124 cm³/mol. The van der Waals surface area contributed by atoms with Crippen molar-refractivity contribution in [2.75, 3.05) is 10.6 Å². The molecule has 0 fully saturated rings. The van der Waals surface area contributed by atoms with Crippen molar-refractivity contribution >= 4 is 39.7 Å². The summed E-state index contributed by atoms with van der Waals surface area (Å²) in [6, 6.07) is 15.1. The molecule has 31 heavy (non-hydrogen) atoms. The van der Waals surface area contributed by atoms with E-state index in [2.05, 4.69) is 41.5 Å². The van der Waals surface area contributed by atoms with E-state index in [4.69, 9.17) is 0 Å². The number of benzene rings is 2. The number of carbonyl (C=O) groups is 2. The van der Waals surface area contributed by atoms with Crippen LogP contribution < -0.4 is 10.6 Å². The molecular weight excluding hydrogens is 410 g/mol. The van der Waals surface area contributed by atoms with Gasteiger partial charge in [0.15, 0.2) is 0 Å². The highest BCUT2D eigenvalue weighted by Crippen LogP contribution is 2.27. The molecule has 0 aliphatic heterocycles. The van der Waals surface area contributed by atoms with Crippen LogP contribution in [0.2, 0.25) is 0 Å². The van der Waals surface area contributed by atoms with E-state index >= 15 is 0 Å². The molecule has 0 aliphatic carbocycles. The fraction of sp³-hybridized carbons (Fsp3) is 0.217. The van der Waals surface area contributed by atoms with Gasteiger partial charge in [-0.25, -0.2) is 4.52 Å². The number of carbonyl (C=O) groups excluding carboxylic acids is 2. The number of hydrogen-bond donors (Lipinski definition) is 2. The van der Waals surface area contributed by atoms with E-state index in [1.807, 2.05) is 53.9 Å². The van der Waals surface area contributed by atoms with Crippen molar-refractivity contribution in [3.05, 3.63) is 65.0 Å². The Balaban J connectivity index is 1.53. The van der Waals surface area contributed by atoms with Crippen LogP contribution >= 0.6 is 11.3 Å². The summed E-state index contributed by atoms with van der Waals surface area (Å²) in [4.78, 5) is 28.9. The summed E-state index contributed by atoms with van der Waals surface area (Å²) < 4.78 is 1.70. The highest BCUT2D eigenvalue weighted by Gasteiger charge is 2.16. The van der Waals surface area contributed by atoms with E-state index in [-0.39, 0.29) is 23.2 Å². The molecule has 0 unspecified atom stereocenters. The van der Waals surface area contributed by atoms with E-state index in [1.54, 1.807) is 4.52 Å². The van der Waals surface area contributed by atoms with Crippen LogP contribution in [0.25, 0.3) is 16.2 Å². The third kappa shape index (κ3) is 4.49. The molecule has 158 valence electrons. The molecule has 8 heteroatoms. The molecule has 0 saturated carbocycles. The van der Waals surface area contributed by atoms with Crippen molar-refractivity contribution in [2.45, 2.75) is 33.1 Å². The third-order valence-electron chi connectivity index (χ3n) is 4.82. The van der Waals surface area contributed by atoms with Gasteiger partial charge in [0, 0.05) is 29.1 Å². The monoisotopic (exact) mass is 433 g/mol. The number of rotatable bonds is 4. The maximum Gasteiger partial charge on any atom is 0.258 e. The van der Waals surface area contributed by atoms with E-state index in [1.165, 1.54) is 23.8 Å². The highest BCUT2D eigenvalue weighted by atomic mass is 32.1. The molecule has 0 atom stereocenters. The lowest BCUT2D eigenvalue weighted by atomic mass is 9.87. The first-order valence-electron chi connectivity index (χ1n) is 9.85. The van der Waals surface area contributed by atoms with Crippen LogP contribution in [0.15, 0.2) is 53.9 Å². The van der Waals surface area contributed by atoms with E-state index in [9.17, 15) is 9.59 Å². The van der Waals surface area contributed by atoms with E-state index in [0.717, 1.165) is 16.9 Å². The Labute approximate surface area is 184 Å².